The molecule has 3 rings (SSSR count). The van der Waals surface area contributed by atoms with Crippen molar-refractivity contribution < 1.29 is 24.2 Å². The number of carboxylic acids is 1. The zero-order valence-electron chi connectivity index (χ0n) is 16.1. The van der Waals surface area contributed by atoms with E-state index in [2.05, 4.69) is 5.32 Å². The molecular formula is C22H25NO5. The Morgan fingerprint density at radius 2 is 1.96 bits per heavy atom. The van der Waals surface area contributed by atoms with E-state index in [-0.39, 0.29) is 6.10 Å². The van der Waals surface area contributed by atoms with Crippen LogP contribution in [0.5, 0.6) is 5.75 Å². The highest BCUT2D eigenvalue weighted by Gasteiger charge is 2.24. The lowest BCUT2D eigenvalue weighted by Crippen LogP contribution is -2.34. The third-order valence-electron chi connectivity index (χ3n) is 5.06. The number of carbonyl (C=O) groups excluding carboxylic acids is 1. The van der Waals surface area contributed by atoms with E-state index >= 15 is 0 Å². The van der Waals surface area contributed by atoms with E-state index in [0.717, 1.165) is 30.6 Å². The predicted octanol–water partition coefficient (Wildman–Crippen LogP) is 3.42. The molecule has 2 aromatic rings. The summed E-state index contributed by atoms with van der Waals surface area (Å²) >= 11 is 0. The summed E-state index contributed by atoms with van der Waals surface area (Å²) in [6, 6.07) is 11.0. The van der Waals surface area contributed by atoms with Crippen LogP contribution in [0.2, 0.25) is 0 Å². The summed E-state index contributed by atoms with van der Waals surface area (Å²) < 4.78 is 11.2. The van der Waals surface area contributed by atoms with E-state index < -0.39 is 17.9 Å². The smallest absolute Gasteiger partial charge is 0.330 e. The second kappa shape index (κ2) is 8.89. The molecule has 6 heteroatoms. The van der Waals surface area contributed by atoms with Crippen LogP contribution < -0.4 is 10.1 Å². The van der Waals surface area contributed by atoms with Gasteiger partial charge >= 0.3 is 5.97 Å². The van der Waals surface area contributed by atoms with Crippen LogP contribution >= 0.6 is 0 Å². The SMILES string of the molecule is Cc1cccc(C(NC(=O)c2ccc(OCC3CCCO3)cc2)C(=O)O)c1C. The lowest BCUT2D eigenvalue weighted by Gasteiger charge is -2.18. The Morgan fingerprint density at radius 1 is 1.21 bits per heavy atom. The molecule has 0 bridgehead atoms. The summed E-state index contributed by atoms with van der Waals surface area (Å²) in [5, 5.41) is 12.2. The topological polar surface area (TPSA) is 84.9 Å². The minimum atomic E-state index is -1.11. The average Bonchev–Trinajstić information content (AvgIpc) is 3.20. The first-order valence-electron chi connectivity index (χ1n) is 9.40. The zero-order chi connectivity index (χ0) is 20.1. The zero-order valence-corrected chi connectivity index (χ0v) is 16.1. The standard InChI is InChI=1S/C22H25NO5/c1-14-5-3-7-19(15(14)2)20(22(25)26)23-21(24)16-8-10-17(11-9-16)28-13-18-6-4-12-27-18/h3,5,7-11,18,20H,4,6,12-13H2,1-2H3,(H,23,24)(H,25,26). The fraction of sp³-hybridized carbons (Fsp3) is 0.364. The molecule has 1 heterocycles. The summed E-state index contributed by atoms with van der Waals surface area (Å²) in [5.74, 6) is -0.895. The van der Waals surface area contributed by atoms with Crippen LogP contribution in [0, 0.1) is 13.8 Å². The molecule has 0 aromatic heterocycles. The minimum absolute atomic E-state index is 0.122. The molecule has 1 fully saturated rings. The number of benzene rings is 2. The summed E-state index contributed by atoms with van der Waals surface area (Å²) in [6.45, 7) is 5.03. The van der Waals surface area contributed by atoms with E-state index in [9.17, 15) is 14.7 Å². The number of ether oxygens (including phenoxy) is 2. The number of hydrogen-bond acceptors (Lipinski definition) is 4. The van der Waals surface area contributed by atoms with Crippen LogP contribution in [0.25, 0.3) is 0 Å². The molecule has 28 heavy (non-hydrogen) atoms. The number of rotatable bonds is 7. The van der Waals surface area contributed by atoms with Gasteiger partial charge in [0.1, 0.15) is 12.4 Å². The van der Waals surface area contributed by atoms with Crippen molar-refractivity contribution in [2.75, 3.05) is 13.2 Å². The van der Waals surface area contributed by atoms with E-state index in [0.29, 0.717) is 23.5 Å². The first-order valence-corrected chi connectivity index (χ1v) is 9.40. The maximum Gasteiger partial charge on any atom is 0.330 e. The third kappa shape index (κ3) is 4.70. The van der Waals surface area contributed by atoms with Gasteiger partial charge in [0.25, 0.3) is 5.91 Å². The molecule has 2 N–H and O–H groups in total. The molecule has 0 radical (unpaired) electrons. The maximum absolute atomic E-state index is 12.6. The molecular weight excluding hydrogens is 358 g/mol. The van der Waals surface area contributed by atoms with Gasteiger partial charge in [0.15, 0.2) is 6.04 Å². The Hall–Kier alpha value is -2.86. The average molecular weight is 383 g/mol. The van der Waals surface area contributed by atoms with Gasteiger partial charge in [-0.2, -0.15) is 0 Å². The molecule has 1 amide bonds. The summed E-state index contributed by atoms with van der Waals surface area (Å²) in [4.78, 5) is 24.3. The van der Waals surface area contributed by atoms with Crippen molar-refractivity contribution in [1.29, 1.82) is 0 Å². The first kappa shape index (κ1) is 19.9. The van der Waals surface area contributed by atoms with Gasteiger partial charge in [-0.25, -0.2) is 4.79 Å². The quantitative estimate of drug-likeness (QED) is 0.765. The molecule has 0 aliphatic carbocycles. The monoisotopic (exact) mass is 383 g/mol. The third-order valence-corrected chi connectivity index (χ3v) is 5.06. The van der Waals surface area contributed by atoms with Crippen molar-refractivity contribution in [3.63, 3.8) is 0 Å². The highest BCUT2D eigenvalue weighted by atomic mass is 16.5. The van der Waals surface area contributed by atoms with Crippen molar-refractivity contribution in [2.24, 2.45) is 0 Å². The largest absolute Gasteiger partial charge is 0.491 e. The van der Waals surface area contributed by atoms with Crippen LogP contribution in [-0.4, -0.2) is 36.3 Å². The fourth-order valence-corrected chi connectivity index (χ4v) is 3.24. The Bertz CT molecular complexity index is 841. The van der Waals surface area contributed by atoms with E-state index in [4.69, 9.17) is 9.47 Å². The molecule has 2 unspecified atom stereocenters. The highest BCUT2D eigenvalue weighted by molar-refractivity contribution is 5.97. The lowest BCUT2D eigenvalue weighted by molar-refractivity contribution is -0.139. The van der Waals surface area contributed by atoms with E-state index in [1.54, 1.807) is 36.4 Å². The lowest BCUT2D eigenvalue weighted by atomic mass is 9.97. The molecule has 2 atom stereocenters. The van der Waals surface area contributed by atoms with Gasteiger partial charge in [0, 0.05) is 12.2 Å². The molecule has 1 aliphatic heterocycles. The fourth-order valence-electron chi connectivity index (χ4n) is 3.24. The summed E-state index contributed by atoms with van der Waals surface area (Å²) in [5.41, 5.74) is 2.79. The van der Waals surface area contributed by atoms with Gasteiger partial charge in [0.2, 0.25) is 0 Å². The summed E-state index contributed by atoms with van der Waals surface area (Å²) in [6.07, 6.45) is 2.17. The number of hydrogen-bond donors (Lipinski definition) is 2. The Labute approximate surface area is 164 Å². The van der Waals surface area contributed by atoms with Gasteiger partial charge in [-0.15, -0.1) is 0 Å². The van der Waals surface area contributed by atoms with Crippen LogP contribution in [-0.2, 0) is 9.53 Å². The summed E-state index contributed by atoms with van der Waals surface area (Å²) in [7, 11) is 0. The molecule has 2 aromatic carbocycles. The second-order valence-corrected chi connectivity index (χ2v) is 7.00. The van der Waals surface area contributed by atoms with Gasteiger partial charge in [0.05, 0.1) is 6.10 Å². The molecule has 0 saturated carbocycles. The molecule has 148 valence electrons. The number of aryl methyl sites for hydroxylation is 1. The molecule has 1 saturated heterocycles. The van der Waals surface area contributed by atoms with Crippen LogP contribution in [0.1, 0.15) is 45.9 Å². The van der Waals surface area contributed by atoms with E-state index in [1.807, 2.05) is 19.9 Å². The predicted molar refractivity (Wildman–Crippen MR) is 105 cm³/mol. The van der Waals surface area contributed by atoms with Crippen LogP contribution in [0.3, 0.4) is 0 Å². The number of amides is 1. The Morgan fingerprint density at radius 3 is 2.61 bits per heavy atom. The van der Waals surface area contributed by atoms with Gasteiger partial charge in [-0.3, -0.25) is 4.79 Å². The minimum Gasteiger partial charge on any atom is -0.491 e. The van der Waals surface area contributed by atoms with Crippen molar-refractivity contribution in [3.8, 4) is 5.75 Å². The molecule has 1 aliphatic rings. The number of nitrogens with one attached hydrogen (secondary N) is 1. The highest BCUT2D eigenvalue weighted by Crippen LogP contribution is 2.22. The van der Waals surface area contributed by atoms with E-state index in [1.165, 1.54) is 0 Å². The van der Waals surface area contributed by atoms with Gasteiger partial charge in [-0.05, 0) is 67.6 Å². The van der Waals surface area contributed by atoms with Gasteiger partial charge < -0.3 is 19.9 Å². The number of carbonyl (C=O) groups is 2. The Balaban J connectivity index is 1.66. The van der Waals surface area contributed by atoms with Crippen molar-refractivity contribution in [3.05, 3.63) is 64.7 Å². The number of aliphatic carboxylic acids is 1. The van der Waals surface area contributed by atoms with Crippen LogP contribution in [0.4, 0.5) is 0 Å². The Kier molecular flexibility index (Phi) is 6.31. The second-order valence-electron chi connectivity index (χ2n) is 7.00. The van der Waals surface area contributed by atoms with Crippen molar-refractivity contribution in [1.82, 2.24) is 5.32 Å². The van der Waals surface area contributed by atoms with Crippen molar-refractivity contribution in [2.45, 2.75) is 38.8 Å². The van der Waals surface area contributed by atoms with Gasteiger partial charge in [-0.1, -0.05) is 18.2 Å². The number of carboxylic acid groups (broad SMARTS) is 1. The molecule has 0 spiro atoms. The van der Waals surface area contributed by atoms with Crippen molar-refractivity contribution >= 4 is 11.9 Å². The van der Waals surface area contributed by atoms with Crippen LogP contribution in [0.15, 0.2) is 42.5 Å². The normalized spacial score (nSPS) is 17.1. The first-order chi connectivity index (χ1) is 13.5. The molecule has 6 nitrogen and oxygen atoms in total. The maximum atomic E-state index is 12.6.